The molecule has 1 saturated heterocycles. The third kappa shape index (κ3) is 7.67. The molecule has 1 aliphatic rings. The van der Waals surface area contributed by atoms with Crippen LogP contribution >= 0.6 is 11.8 Å². The van der Waals surface area contributed by atoms with Crippen LogP contribution in [0.3, 0.4) is 0 Å². The van der Waals surface area contributed by atoms with E-state index < -0.39 is 24.7 Å². The number of nitrogens with zero attached hydrogens (tertiary/aromatic N) is 1. The number of thioether (sulfide) groups is 1. The minimum absolute atomic E-state index is 0.0354. The summed E-state index contributed by atoms with van der Waals surface area (Å²) in [6, 6.07) is 12.1. The van der Waals surface area contributed by atoms with Crippen LogP contribution < -0.4 is 16.4 Å². The van der Waals surface area contributed by atoms with Gasteiger partial charge in [0.15, 0.2) is 0 Å². The number of nitrogens with two attached hydrogens (primary N) is 1. The molecule has 2 aromatic rings. The lowest BCUT2D eigenvalue weighted by molar-refractivity contribution is -0.151. The smallest absolute Gasteiger partial charge is 0.328 e. The molecule has 3 rings (SSSR count). The van der Waals surface area contributed by atoms with Gasteiger partial charge in [-0.3, -0.25) is 9.59 Å². The zero-order chi connectivity index (χ0) is 25.9. The number of carbonyl (C=O) groups excluding carboxylic acids is 3. The standard InChI is InChI=1S/C26H36N4O5S/c1-36-13-11-23(26(34)35-17-20-9-5-12-30(20)25(33)22(27)16-31)29-24(32)15-28-14-19-8-4-7-18-6-2-3-10-21(18)19/h2-4,6-8,10,20,22-23,28,31H,5,9,11-17,27H2,1H3,(H,29,32)/t20-,22-,23?/m0/s1. The second-order valence-electron chi connectivity index (χ2n) is 8.89. The third-order valence-corrected chi connectivity index (χ3v) is 6.95. The van der Waals surface area contributed by atoms with Crippen molar-refractivity contribution < 1.29 is 24.2 Å². The van der Waals surface area contributed by atoms with Gasteiger partial charge in [-0.05, 0) is 47.6 Å². The highest BCUT2D eigenvalue weighted by Crippen LogP contribution is 2.19. The summed E-state index contributed by atoms with van der Waals surface area (Å²) < 4.78 is 5.52. The molecule has 1 heterocycles. The van der Waals surface area contributed by atoms with Crippen LogP contribution in [0, 0.1) is 0 Å². The molecule has 0 saturated carbocycles. The molecule has 2 amide bonds. The van der Waals surface area contributed by atoms with Crippen LogP contribution in [0.25, 0.3) is 10.8 Å². The quantitative estimate of drug-likeness (QED) is 0.290. The monoisotopic (exact) mass is 516 g/mol. The molecule has 1 aliphatic heterocycles. The Morgan fingerprint density at radius 1 is 1.22 bits per heavy atom. The van der Waals surface area contributed by atoms with Gasteiger partial charge in [0.25, 0.3) is 0 Å². The summed E-state index contributed by atoms with van der Waals surface area (Å²) >= 11 is 1.58. The Morgan fingerprint density at radius 2 is 2.00 bits per heavy atom. The summed E-state index contributed by atoms with van der Waals surface area (Å²) in [5, 5.41) is 17.4. The summed E-state index contributed by atoms with van der Waals surface area (Å²) in [6.07, 6.45) is 3.85. The Hall–Kier alpha value is -2.66. The van der Waals surface area contributed by atoms with E-state index in [2.05, 4.69) is 28.8 Å². The maximum Gasteiger partial charge on any atom is 0.328 e. The van der Waals surface area contributed by atoms with Crippen molar-refractivity contribution in [1.82, 2.24) is 15.5 Å². The molecule has 9 nitrogen and oxygen atoms in total. The van der Waals surface area contributed by atoms with Gasteiger partial charge in [-0.15, -0.1) is 0 Å². The molecule has 5 N–H and O–H groups in total. The fourth-order valence-corrected chi connectivity index (χ4v) is 4.83. The highest BCUT2D eigenvalue weighted by Gasteiger charge is 2.33. The van der Waals surface area contributed by atoms with Crippen molar-refractivity contribution in [3.05, 3.63) is 48.0 Å². The van der Waals surface area contributed by atoms with Crippen LogP contribution in [0.4, 0.5) is 0 Å². The van der Waals surface area contributed by atoms with Crippen molar-refractivity contribution in [2.24, 2.45) is 5.73 Å². The van der Waals surface area contributed by atoms with Crippen LogP contribution in [-0.2, 0) is 25.7 Å². The van der Waals surface area contributed by atoms with Crippen LogP contribution in [0.5, 0.6) is 0 Å². The third-order valence-electron chi connectivity index (χ3n) is 6.30. The first-order chi connectivity index (χ1) is 17.4. The van der Waals surface area contributed by atoms with Gasteiger partial charge < -0.3 is 31.1 Å². The average Bonchev–Trinajstić information content (AvgIpc) is 3.37. The molecule has 0 spiro atoms. The number of carbonyl (C=O) groups is 3. The number of esters is 1. The molecule has 0 aromatic heterocycles. The topological polar surface area (TPSA) is 134 Å². The number of benzene rings is 2. The highest BCUT2D eigenvalue weighted by atomic mass is 32.2. The molecule has 36 heavy (non-hydrogen) atoms. The van der Waals surface area contributed by atoms with E-state index in [1.807, 2.05) is 30.5 Å². The Morgan fingerprint density at radius 3 is 2.78 bits per heavy atom. The van der Waals surface area contributed by atoms with Crippen LogP contribution in [0.15, 0.2) is 42.5 Å². The largest absolute Gasteiger partial charge is 0.462 e. The molecule has 0 bridgehead atoms. The number of ether oxygens (including phenoxy) is 1. The lowest BCUT2D eigenvalue weighted by Crippen LogP contribution is -2.50. The Balaban J connectivity index is 1.50. The number of hydrogen-bond donors (Lipinski definition) is 4. The van der Waals surface area contributed by atoms with Crippen LogP contribution in [0.1, 0.15) is 24.8 Å². The Kier molecular flexibility index (Phi) is 11.0. The van der Waals surface area contributed by atoms with Gasteiger partial charge >= 0.3 is 5.97 Å². The van der Waals surface area contributed by atoms with Crippen LogP contribution in [-0.4, -0.2) is 84.2 Å². The molecule has 196 valence electrons. The second kappa shape index (κ2) is 14.2. The second-order valence-corrected chi connectivity index (χ2v) is 9.88. The molecule has 1 unspecified atom stereocenters. The fraction of sp³-hybridized carbons (Fsp3) is 0.500. The Bertz CT molecular complexity index is 1030. The predicted molar refractivity (Wildman–Crippen MR) is 141 cm³/mol. The van der Waals surface area contributed by atoms with Gasteiger partial charge in [0.2, 0.25) is 11.8 Å². The van der Waals surface area contributed by atoms with E-state index in [-0.39, 0.29) is 31.0 Å². The average molecular weight is 517 g/mol. The maximum atomic E-state index is 12.8. The minimum atomic E-state index is -0.976. The number of aliphatic hydroxyl groups is 1. The SMILES string of the molecule is CSCCC(NC(=O)CNCc1cccc2ccccc12)C(=O)OC[C@@H]1CCCN1C(=O)[C@@H](N)CO. The van der Waals surface area contributed by atoms with Crippen LogP contribution in [0.2, 0.25) is 0 Å². The van der Waals surface area contributed by atoms with E-state index in [1.165, 1.54) is 0 Å². The maximum absolute atomic E-state index is 12.8. The summed E-state index contributed by atoms with van der Waals surface area (Å²) in [4.78, 5) is 39.4. The molecule has 2 aromatic carbocycles. The molecule has 3 atom stereocenters. The van der Waals surface area contributed by atoms with E-state index in [1.54, 1.807) is 16.7 Å². The molecule has 10 heteroatoms. The van der Waals surface area contributed by atoms with Gasteiger partial charge in [-0.1, -0.05) is 42.5 Å². The van der Waals surface area contributed by atoms with Crippen molar-refractivity contribution in [3.63, 3.8) is 0 Å². The lowest BCUT2D eigenvalue weighted by atomic mass is 10.0. The van der Waals surface area contributed by atoms with Gasteiger partial charge in [0, 0.05) is 13.1 Å². The predicted octanol–water partition coefficient (Wildman–Crippen LogP) is 1.02. The molecule has 0 aliphatic carbocycles. The summed E-state index contributed by atoms with van der Waals surface area (Å²) in [5.74, 6) is -0.467. The lowest BCUT2D eigenvalue weighted by Gasteiger charge is -2.27. The first-order valence-corrected chi connectivity index (χ1v) is 13.6. The van der Waals surface area contributed by atoms with Gasteiger partial charge in [-0.2, -0.15) is 11.8 Å². The van der Waals surface area contributed by atoms with Crippen molar-refractivity contribution in [1.29, 1.82) is 0 Å². The summed E-state index contributed by atoms with van der Waals surface area (Å²) in [7, 11) is 0. The van der Waals surface area contributed by atoms with E-state index in [9.17, 15) is 19.5 Å². The number of likely N-dealkylation sites (tertiary alicyclic amines) is 1. The molecule has 0 radical (unpaired) electrons. The van der Waals surface area contributed by atoms with Gasteiger partial charge in [-0.25, -0.2) is 4.79 Å². The van der Waals surface area contributed by atoms with Gasteiger partial charge in [0.1, 0.15) is 18.7 Å². The molecule has 1 fully saturated rings. The van der Waals surface area contributed by atoms with Crippen molar-refractivity contribution in [2.45, 2.75) is 43.9 Å². The zero-order valence-corrected chi connectivity index (χ0v) is 21.5. The van der Waals surface area contributed by atoms with E-state index in [0.29, 0.717) is 31.7 Å². The van der Waals surface area contributed by atoms with E-state index >= 15 is 0 Å². The minimum Gasteiger partial charge on any atom is -0.462 e. The first-order valence-electron chi connectivity index (χ1n) is 12.2. The zero-order valence-electron chi connectivity index (χ0n) is 20.7. The molecular formula is C26H36N4O5S. The van der Waals surface area contributed by atoms with Crippen molar-refractivity contribution in [2.75, 3.05) is 38.3 Å². The van der Waals surface area contributed by atoms with Crippen molar-refractivity contribution in [3.8, 4) is 0 Å². The Labute approximate surface area is 216 Å². The number of fused-ring (bicyclic) bond motifs is 1. The number of aliphatic hydroxyl groups excluding tert-OH is 1. The fourth-order valence-electron chi connectivity index (χ4n) is 4.36. The highest BCUT2D eigenvalue weighted by molar-refractivity contribution is 7.98. The normalized spacial score (nSPS) is 17.1. The number of hydrogen-bond acceptors (Lipinski definition) is 8. The number of rotatable bonds is 13. The van der Waals surface area contributed by atoms with Crippen molar-refractivity contribution >= 4 is 40.3 Å². The summed E-state index contributed by atoms with van der Waals surface area (Å²) in [6.45, 7) is 0.711. The first kappa shape index (κ1) is 27.9. The summed E-state index contributed by atoms with van der Waals surface area (Å²) in [5.41, 5.74) is 6.77. The van der Waals surface area contributed by atoms with Gasteiger partial charge in [0.05, 0.1) is 19.2 Å². The van der Waals surface area contributed by atoms with E-state index in [4.69, 9.17) is 10.5 Å². The molecular weight excluding hydrogens is 480 g/mol. The number of amides is 2. The van der Waals surface area contributed by atoms with E-state index in [0.717, 1.165) is 22.8 Å². The number of nitrogens with one attached hydrogen (secondary N) is 2.